The predicted octanol–water partition coefficient (Wildman–Crippen LogP) is 4.19. The van der Waals surface area contributed by atoms with Crippen LogP contribution in [0.3, 0.4) is 0 Å². The third-order valence-corrected chi connectivity index (χ3v) is 5.23. The second kappa shape index (κ2) is 8.79. The van der Waals surface area contributed by atoms with E-state index in [9.17, 15) is 8.78 Å². The minimum atomic E-state index is -0.613. The van der Waals surface area contributed by atoms with E-state index in [1.54, 1.807) is 35.3 Å². The molecule has 0 amide bonds. The van der Waals surface area contributed by atoms with E-state index < -0.39 is 12.0 Å². The van der Waals surface area contributed by atoms with Crippen molar-refractivity contribution in [1.29, 1.82) is 0 Å². The maximum Gasteiger partial charge on any atom is 0.181 e. The summed E-state index contributed by atoms with van der Waals surface area (Å²) in [7, 11) is 0. The Morgan fingerprint density at radius 1 is 0.941 bits per heavy atom. The van der Waals surface area contributed by atoms with E-state index in [0.29, 0.717) is 22.5 Å². The highest BCUT2D eigenvalue weighted by molar-refractivity contribution is 5.83. The third-order valence-electron chi connectivity index (χ3n) is 5.23. The summed E-state index contributed by atoms with van der Waals surface area (Å²) in [5.74, 6) is -0.757. The lowest BCUT2D eigenvalue weighted by Gasteiger charge is -2.24. The zero-order chi connectivity index (χ0) is 23.7. The number of benzene rings is 2. The quantitative estimate of drug-likeness (QED) is 0.491. The molecule has 9 nitrogen and oxygen atoms in total. The molecule has 0 saturated carbocycles. The number of halogens is 2. The number of nitrogens with one attached hydrogen (secondary N) is 1. The van der Waals surface area contributed by atoms with Crippen molar-refractivity contribution in [3.8, 4) is 0 Å². The Hall–Kier alpha value is -4.51. The van der Waals surface area contributed by atoms with Crippen molar-refractivity contribution >= 4 is 34.9 Å². The van der Waals surface area contributed by atoms with Crippen LogP contribution in [0.25, 0.3) is 5.70 Å². The van der Waals surface area contributed by atoms with E-state index in [4.69, 9.17) is 11.5 Å². The van der Waals surface area contributed by atoms with Crippen molar-refractivity contribution < 1.29 is 8.78 Å². The molecule has 34 heavy (non-hydrogen) atoms. The smallest absolute Gasteiger partial charge is 0.181 e. The van der Waals surface area contributed by atoms with Crippen LogP contribution >= 0.6 is 0 Å². The molecule has 1 aromatic heterocycles. The summed E-state index contributed by atoms with van der Waals surface area (Å²) >= 11 is 0. The summed E-state index contributed by atoms with van der Waals surface area (Å²) in [6.45, 7) is 0.158. The van der Waals surface area contributed by atoms with Crippen LogP contribution in [-0.2, 0) is 6.54 Å². The van der Waals surface area contributed by atoms with Gasteiger partial charge in [-0.3, -0.25) is 4.99 Å². The Kier molecular flexibility index (Phi) is 5.52. The monoisotopic (exact) mass is 459 g/mol. The number of azo groups is 1. The number of hydrogen-bond acceptors (Lipinski definition) is 9. The standard InChI is InChI=1S/C23H19F2N9/c24-14-10-16-18(33-34(23(16)28-11-14)12-13-6-4-5-9-17(13)25)22-29-20(26)19(21(27)30-22)32-31-15-7-2-1-3-8-15/h1-11,23,33H,12H2,(H4,26,27,29,30). The molecule has 0 bridgehead atoms. The van der Waals surface area contributed by atoms with Crippen LogP contribution in [0, 0.1) is 5.82 Å². The molecule has 1 unspecified atom stereocenters. The normalized spacial score (nSPS) is 17.7. The van der Waals surface area contributed by atoms with Gasteiger partial charge in [-0.25, -0.2) is 18.7 Å². The summed E-state index contributed by atoms with van der Waals surface area (Å²) in [4.78, 5) is 12.9. The van der Waals surface area contributed by atoms with Crippen LogP contribution in [0.15, 0.2) is 87.3 Å². The molecular formula is C23H19F2N9. The largest absolute Gasteiger partial charge is 0.382 e. The van der Waals surface area contributed by atoms with Crippen LogP contribution in [0.2, 0.25) is 0 Å². The van der Waals surface area contributed by atoms with Gasteiger partial charge in [0.1, 0.15) is 23.5 Å². The average molecular weight is 459 g/mol. The Labute approximate surface area is 193 Å². The first-order valence-electron chi connectivity index (χ1n) is 10.3. The van der Waals surface area contributed by atoms with Gasteiger partial charge in [0.25, 0.3) is 0 Å². The average Bonchev–Trinajstić information content (AvgIpc) is 3.18. The summed E-state index contributed by atoms with van der Waals surface area (Å²) in [6, 6.07) is 15.4. The first-order valence-corrected chi connectivity index (χ1v) is 10.3. The van der Waals surface area contributed by atoms with Crippen LogP contribution in [0.4, 0.5) is 31.8 Å². The van der Waals surface area contributed by atoms with Gasteiger partial charge < -0.3 is 16.9 Å². The Bertz CT molecular complexity index is 1340. The van der Waals surface area contributed by atoms with E-state index >= 15 is 0 Å². The molecule has 2 aliphatic rings. The number of hydrazine groups is 1. The number of nitrogen functional groups attached to an aromatic ring is 2. The molecule has 0 spiro atoms. The van der Waals surface area contributed by atoms with Crippen molar-refractivity contribution in [3.63, 3.8) is 0 Å². The van der Waals surface area contributed by atoms with Gasteiger partial charge in [-0.05, 0) is 24.3 Å². The predicted molar refractivity (Wildman–Crippen MR) is 125 cm³/mol. The van der Waals surface area contributed by atoms with Crippen LogP contribution in [-0.4, -0.2) is 27.4 Å². The van der Waals surface area contributed by atoms with E-state index in [1.807, 2.05) is 18.2 Å². The van der Waals surface area contributed by atoms with Crippen LogP contribution in [0.1, 0.15) is 11.4 Å². The number of allylic oxidation sites excluding steroid dienone is 1. The molecule has 3 aromatic rings. The zero-order valence-corrected chi connectivity index (χ0v) is 17.7. The van der Waals surface area contributed by atoms with Crippen LogP contribution < -0.4 is 16.9 Å². The maximum absolute atomic E-state index is 14.2. The lowest BCUT2D eigenvalue weighted by Crippen LogP contribution is -2.38. The molecule has 0 saturated heterocycles. The van der Waals surface area contributed by atoms with E-state index in [2.05, 4.69) is 30.6 Å². The highest BCUT2D eigenvalue weighted by atomic mass is 19.1. The number of aromatic nitrogens is 2. The number of dihydropyridines is 1. The highest BCUT2D eigenvalue weighted by Gasteiger charge is 2.35. The summed E-state index contributed by atoms with van der Waals surface area (Å²) < 4.78 is 28.3. The molecular weight excluding hydrogens is 440 g/mol. The van der Waals surface area contributed by atoms with Crippen molar-refractivity contribution in [1.82, 2.24) is 20.4 Å². The van der Waals surface area contributed by atoms with E-state index in [-0.39, 0.29) is 35.5 Å². The molecule has 11 heteroatoms. The van der Waals surface area contributed by atoms with Crippen molar-refractivity contribution in [2.24, 2.45) is 15.2 Å². The molecule has 0 fully saturated rings. The number of nitrogens with two attached hydrogens (primary N) is 2. The third kappa shape index (κ3) is 4.11. The van der Waals surface area contributed by atoms with Gasteiger partial charge in [0.2, 0.25) is 0 Å². The molecule has 3 heterocycles. The first kappa shape index (κ1) is 21.3. The fraction of sp³-hybridized carbons (Fsp3) is 0.0870. The number of anilines is 2. The topological polar surface area (TPSA) is 130 Å². The minimum Gasteiger partial charge on any atom is -0.382 e. The van der Waals surface area contributed by atoms with Crippen molar-refractivity contribution in [2.75, 3.05) is 11.5 Å². The van der Waals surface area contributed by atoms with Gasteiger partial charge in [-0.2, -0.15) is 10.1 Å². The van der Waals surface area contributed by atoms with E-state index in [0.717, 1.165) is 6.21 Å². The molecule has 0 radical (unpaired) electrons. The molecule has 5 N–H and O–H groups in total. The van der Waals surface area contributed by atoms with Gasteiger partial charge >= 0.3 is 0 Å². The molecule has 170 valence electrons. The Morgan fingerprint density at radius 2 is 1.65 bits per heavy atom. The second-order valence-electron chi connectivity index (χ2n) is 7.54. The fourth-order valence-corrected chi connectivity index (χ4v) is 3.62. The maximum atomic E-state index is 14.2. The zero-order valence-electron chi connectivity index (χ0n) is 17.7. The number of nitrogens with zero attached hydrogens (tertiary/aromatic N) is 6. The number of rotatable bonds is 5. The number of aliphatic imine (C=N–C) groups is 1. The summed E-state index contributed by atoms with van der Waals surface area (Å²) in [5.41, 5.74) is 17.3. The van der Waals surface area contributed by atoms with Crippen molar-refractivity contribution in [2.45, 2.75) is 12.7 Å². The molecule has 1 atom stereocenters. The first-order chi connectivity index (χ1) is 16.5. The summed E-state index contributed by atoms with van der Waals surface area (Å²) in [6.07, 6.45) is 1.82. The van der Waals surface area contributed by atoms with Crippen LogP contribution in [0.5, 0.6) is 0 Å². The minimum absolute atomic E-state index is 0.00458. The van der Waals surface area contributed by atoms with Gasteiger partial charge in [0.05, 0.1) is 11.9 Å². The molecule has 2 aromatic carbocycles. The number of fused-ring (bicyclic) bond motifs is 1. The Morgan fingerprint density at radius 3 is 2.38 bits per heavy atom. The van der Waals surface area contributed by atoms with E-state index in [1.165, 1.54) is 12.1 Å². The second-order valence-corrected chi connectivity index (χ2v) is 7.54. The molecule has 2 aliphatic heterocycles. The molecule has 5 rings (SSSR count). The highest BCUT2D eigenvalue weighted by Crippen LogP contribution is 2.35. The SMILES string of the molecule is Nc1nc(C2=C3C=C(F)C=NC3N(Cc3ccccc3F)N2)nc(N)c1N=Nc1ccccc1. The van der Waals surface area contributed by atoms with Gasteiger partial charge in [0.15, 0.2) is 23.1 Å². The van der Waals surface area contributed by atoms with Gasteiger partial charge in [-0.15, -0.1) is 5.11 Å². The Balaban J connectivity index is 1.48. The lowest BCUT2D eigenvalue weighted by molar-refractivity contribution is 0.193. The van der Waals surface area contributed by atoms with Gasteiger partial charge in [-0.1, -0.05) is 36.4 Å². The number of hydrogen-bond donors (Lipinski definition) is 3. The lowest BCUT2D eigenvalue weighted by atomic mass is 10.1. The van der Waals surface area contributed by atoms with Gasteiger partial charge in [0, 0.05) is 17.7 Å². The summed E-state index contributed by atoms with van der Waals surface area (Å²) in [5, 5.41) is 9.84. The van der Waals surface area contributed by atoms with Crippen molar-refractivity contribution in [3.05, 3.63) is 89.3 Å². The molecule has 0 aliphatic carbocycles. The fourth-order valence-electron chi connectivity index (χ4n) is 3.62.